The Kier molecular flexibility index (Phi) is 4.56. The molecule has 7 heteroatoms. The van der Waals surface area contributed by atoms with Crippen molar-refractivity contribution in [3.63, 3.8) is 0 Å². The van der Waals surface area contributed by atoms with Gasteiger partial charge in [0.05, 0.1) is 11.4 Å². The lowest BCUT2D eigenvalue weighted by molar-refractivity contribution is -0.147. The lowest BCUT2D eigenvalue weighted by atomic mass is 10.2. The van der Waals surface area contributed by atoms with E-state index in [1.807, 2.05) is 35.9 Å². The van der Waals surface area contributed by atoms with E-state index >= 15 is 0 Å². The monoisotopic (exact) mass is 333 g/mol. The molecule has 1 unspecified atom stereocenters. The van der Waals surface area contributed by atoms with Crippen molar-refractivity contribution in [3.8, 4) is 0 Å². The SMILES string of the molecule is Cc1ccc2nc(CSCC(=O)N3CCCC3C(=O)O)cn2c1. The summed E-state index contributed by atoms with van der Waals surface area (Å²) in [7, 11) is 0. The molecule has 0 aliphatic carbocycles. The van der Waals surface area contributed by atoms with E-state index < -0.39 is 12.0 Å². The predicted molar refractivity (Wildman–Crippen MR) is 88.5 cm³/mol. The van der Waals surface area contributed by atoms with Gasteiger partial charge < -0.3 is 14.4 Å². The molecule has 1 fully saturated rings. The van der Waals surface area contributed by atoms with Gasteiger partial charge in [-0.15, -0.1) is 11.8 Å². The number of rotatable bonds is 5. The quantitative estimate of drug-likeness (QED) is 0.905. The molecule has 3 heterocycles. The Morgan fingerprint density at radius 1 is 1.39 bits per heavy atom. The predicted octanol–water partition coefficient (Wildman–Crippen LogP) is 1.95. The second kappa shape index (κ2) is 6.62. The molecule has 0 aromatic carbocycles. The molecular formula is C16H19N3O3S. The molecule has 122 valence electrons. The molecule has 1 aliphatic rings. The number of likely N-dealkylation sites (tertiary alicyclic amines) is 1. The zero-order valence-corrected chi connectivity index (χ0v) is 13.8. The lowest BCUT2D eigenvalue weighted by Crippen LogP contribution is -2.41. The Bertz CT molecular complexity index is 743. The van der Waals surface area contributed by atoms with Crippen LogP contribution in [0.5, 0.6) is 0 Å². The lowest BCUT2D eigenvalue weighted by Gasteiger charge is -2.21. The number of carbonyl (C=O) groups is 2. The first-order chi connectivity index (χ1) is 11.0. The standard InChI is InChI=1S/C16H19N3O3S/c1-11-4-5-14-17-12(8-18(14)7-11)9-23-10-15(20)19-6-2-3-13(19)16(21)22/h4-5,7-8,13H,2-3,6,9-10H2,1H3,(H,21,22). The molecule has 2 aromatic rings. The Labute approximate surface area is 138 Å². The molecule has 1 saturated heterocycles. The summed E-state index contributed by atoms with van der Waals surface area (Å²) >= 11 is 1.47. The first-order valence-corrected chi connectivity index (χ1v) is 8.74. The van der Waals surface area contributed by atoms with Crippen LogP contribution in [0, 0.1) is 6.92 Å². The fourth-order valence-corrected chi connectivity index (χ4v) is 3.66. The van der Waals surface area contributed by atoms with Crippen LogP contribution in [0.4, 0.5) is 0 Å². The van der Waals surface area contributed by atoms with E-state index in [0.29, 0.717) is 18.7 Å². The average molecular weight is 333 g/mol. The van der Waals surface area contributed by atoms with Crippen molar-refractivity contribution in [1.82, 2.24) is 14.3 Å². The fourth-order valence-electron chi connectivity index (χ4n) is 2.87. The van der Waals surface area contributed by atoms with Crippen molar-refractivity contribution in [2.45, 2.75) is 31.6 Å². The number of hydrogen-bond acceptors (Lipinski definition) is 4. The van der Waals surface area contributed by atoms with Crippen molar-refractivity contribution < 1.29 is 14.7 Å². The highest BCUT2D eigenvalue weighted by Gasteiger charge is 2.33. The number of nitrogens with zero attached hydrogens (tertiary/aromatic N) is 3. The maximum Gasteiger partial charge on any atom is 0.326 e. The number of carboxylic acids is 1. The van der Waals surface area contributed by atoms with Gasteiger partial charge >= 0.3 is 5.97 Å². The molecular weight excluding hydrogens is 314 g/mol. The van der Waals surface area contributed by atoms with Crippen LogP contribution in [0.15, 0.2) is 24.5 Å². The van der Waals surface area contributed by atoms with E-state index in [2.05, 4.69) is 4.98 Å². The van der Waals surface area contributed by atoms with Crippen molar-refractivity contribution in [1.29, 1.82) is 0 Å². The number of carbonyl (C=O) groups excluding carboxylic acids is 1. The minimum atomic E-state index is -0.906. The maximum atomic E-state index is 12.2. The van der Waals surface area contributed by atoms with E-state index in [1.54, 1.807) is 0 Å². The summed E-state index contributed by atoms with van der Waals surface area (Å²) in [4.78, 5) is 29.3. The zero-order chi connectivity index (χ0) is 16.4. The van der Waals surface area contributed by atoms with Crippen molar-refractivity contribution in [3.05, 3.63) is 35.8 Å². The number of aromatic nitrogens is 2. The van der Waals surface area contributed by atoms with Crippen molar-refractivity contribution in [2.24, 2.45) is 0 Å². The number of aryl methyl sites for hydroxylation is 1. The number of thioether (sulfide) groups is 1. The molecule has 1 N–H and O–H groups in total. The molecule has 0 radical (unpaired) electrons. The van der Waals surface area contributed by atoms with E-state index in [9.17, 15) is 9.59 Å². The second-order valence-corrected chi connectivity index (χ2v) is 6.77. The Morgan fingerprint density at radius 3 is 3.00 bits per heavy atom. The number of pyridine rings is 1. The molecule has 1 atom stereocenters. The topological polar surface area (TPSA) is 74.9 Å². The molecule has 2 aromatic heterocycles. The maximum absolute atomic E-state index is 12.2. The molecule has 3 rings (SSSR count). The normalized spacial score (nSPS) is 17.8. The van der Waals surface area contributed by atoms with Crippen LogP contribution in [-0.4, -0.2) is 49.6 Å². The van der Waals surface area contributed by atoms with Crippen molar-refractivity contribution in [2.75, 3.05) is 12.3 Å². The number of imidazole rings is 1. The third kappa shape index (κ3) is 3.50. The summed E-state index contributed by atoms with van der Waals surface area (Å²) in [5.74, 6) is -0.0783. The van der Waals surface area contributed by atoms with Gasteiger partial charge in [0, 0.05) is 24.7 Å². The highest BCUT2D eigenvalue weighted by Crippen LogP contribution is 2.20. The number of carboxylic acid groups (broad SMARTS) is 1. The van der Waals surface area contributed by atoms with Crippen LogP contribution in [0.2, 0.25) is 0 Å². The smallest absolute Gasteiger partial charge is 0.326 e. The van der Waals surface area contributed by atoms with Crippen LogP contribution in [-0.2, 0) is 15.3 Å². The van der Waals surface area contributed by atoms with Crippen LogP contribution in [0.25, 0.3) is 5.65 Å². The third-order valence-corrected chi connectivity index (χ3v) is 4.93. The summed E-state index contributed by atoms with van der Waals surface area (Å²) in [5.41, 5.74) is 2.98. The fraction of sp³-hybridized carbons (Fsp3) is 0.438. The molecule has 1 aliphatic heterocycles. The molecule has 1 amide bonds. The summed E-state index contributed by atoms with van der Waals surface area (Å²) in [6.07, 6.45) is 5.30. The van der Waals surface area contributed by atoms with Gasteiger partial charge in [0.15, 0.2) is 0 Å². The summed E-state index contributed by atoms with van der Waals surface area (Å²) < 4.78 is 1.98. The number of hydrogen-bond donors (Lipinski definition) is 1. The molecule has 6 nitrogen and oxygen atoms in total. The van der Waals surface area contributed by atoms with Gasteiger partial charge in [0.2, 0.25) is 5.91 Å². The van der Waals surface area contributed by atoms with Gasteiger partial charge in [0.1, 0.15) is 11.7 Å². The van der Waals surface area contributed by atoms with E-state index in [-0.39, 0.29) is 11.7 Å². The third-order valence-electron chi connectivity index (χ3n) is 3.98. The summed E-state index contributed by atoms with van der Waals surface area (Å²) in [5, 5.41) is 9.13. The first kappa shape index (κ1) is 15.9. The highest BCUT2D eigenvalue weighted by atomic mass is 32.2. The average Bonchev–Trinajstić information content (AvgIpc) is 3.12. The van der Waals surface area contributed by atoms with Crippen molar-refractivity contribution >= 4 is 29.3 Å². The first-order valence-electron chi connectivity index (χ1n) is 7.59. The number of fused-ring (bicyclic) bond motifs is 1. The Hall–Kier alpha value is -2.02. The van der Waals surface area contributed by atoms with Gasteiger partial charge in [-0.25, -0.2) is 9.78 Å². The van der Waals surface area contributed by atoms with Gasteiger partial charge in [0.25, 0.3) is 0 Å². The van der Waals surface area contributed by atoms with Crippen LogP contribution < -0.4 is 0 Å². The van der Waals surface area contributed by atoms with Gasteiger partial charge in [-0.1, -0.05) is 6.07 Å². The molecule has 23 heavy (non-hydrogen) atoms. The Balaban J connectivity index is 1.56. The van der Waals surface area contributed by atoms with Crippen LogP contribution in [0.1, 0.15) is 24.1 Å². The van der Waals surface area contributed by atoms with E-state index in [4.69, 9.17) is 5.11 Å². The zero-order valence-electron chi connectivity index (χ0n) is 12.9. The minimum absolute atomic E-state index is 0.0977. The highest BCUT2D eigenvalue weighted by molar-refractivity contribution is 7.99. The van der Waals surface area contributed by atoms with Gasteiger partial charge in [-0.05, 0) is 31.4 Å². The Morgan fingerprint density at radius 2 is 2.22 bits per heavy atom. The summed E-state index contributed by atoms with van der Waals surface area (Å²) in [6, 6.07) is 3.33. The molecule has 0 bridgehead atoms. The van der Waals surface area contributed by atoms with Gasteiger partial charge in [-0.3, -0.25) is 4.79 Å². The minimum Gasteiger partial charge on any atom is -0.480 e. The van der Waals surface area contributed by atoms with Gasteiger partial charge in [-0.2, -0.15) is 0 Å². The molecule has 0 spiro atoms. The number of aliphatic carboxylic acids is 1. The summed E-state index contributed by atoms with van der Waals surface area (Å²) in [6.45, 7) is 2.57. The van der Waals surface area contributed by atoms with E-state index in [0.717, 1.165) is 23.3 Å². The number of amides is 1. The van der Waals surface area contributed by atoms with Crippen LogP contribution >= 0.6 is 11.8 Å². The largest absolute Gasteiger partial charge is 0.480 e. The van der Waals surface area contributed by atoms with E-state index in [1.165, 1.54) is 16.7 Å². The second-order valence-electron chi connectivity index (χ2n) is 5.78. The van der Waals surface area contributed by atoms with Crippen LogP contribution in [0.3, 0.4) is 0 Å². The molecule has 0 saturated carbocycles.